The Morgan fingerprint density at radius 1 is 1.20 bits per heavy atom. The Balaban J connectivity index is 2.00. The maximum atomic E-state index is 13.0. The van der Waals surface area contributed by atoms with Gasteiger partial charge in [0.05, 0.1) is 10.0 Å². The van der Waals surface area contributed by atoms with Crippen molar-refractivity contribution in [1.82, 2.24) is 0 Å². The molecule has 25 heavy (non-hydrogen) atoms. The van der Waals surface area contributed by atoms with Gasteiger partial charge in [-0.15, -0.1) is 6.42 Å². The van der Waals surface area contributed by atoms with Crippen LogP contribution in [0.25, 0.3) is 6.08 Å². The van der Waals surface area contributed by atoms with Crippen molar-refractivity contribution in [2.75, 3.05) is 6.61 Å². The molecule has 0 aromatic heterocycles. The minimum absolute atomic E-state index is 0.0807. The SMILES string of the molecule is C#CCOC(=O)/C=C/c1ccc(OCc2ccc(F)cc2Cl)c(Cl)c1. The van der Waals surface area contributed by atoms with Gasteiger partial charge in [0.15, 0.2) is 6.61 Å². The smallest absolute Gasteiger partial charge is 0.331 e. The second kappa shape index (κ2) is 9.12. The standard InChI is InChI=1S/C19H13Cl2FO3/c1-2-9-24-19(23)8-4-13-3-7-18(17(21)10-13)25-12-14-5-6-15(22)11-16(14)20/h1,3-8,10-11H,9,12H2/b8-4+. The highest BCUT2D eigenvalue weighted by Gasteiger charge is 2.06. The van der Waals surface area contributed by atoms with Crippen molar-refractivity contribution in [3.8, 4) is 18.1 Å². The second-order valence-electron chi connectivity index (χ2n) is 4.86. The third-order valence-electron chi connectivity index (χ3n) is 3.06. The van der Waals surface area contributed by atoms with Crippen LogP contribution in [0.4, 0.5) is 4.39 Å². The van der Waals surface area contributed by atoms with Crippen LogP contribution in [0.5, 0.6) is 5.75 Å². The molecule has 0 aliphatic carbocycles. The maximum absolute atomic E-state index is 13.0. The average molecular weight is 379 g/mol. The Kier molecular flexibility index (Phi) is 6.88. The molecule has 3 nitrogen and oxygen atoms in total. The number of terminal acetylenes is 1. The fraction of sp³-hybridized carbons (Fsp3) is 0.105. The summed E-state index contributed by atoms with van der Waals surface area (Å²) in [5.74, 6) is 1.69. The molecule has 0 radical (unpaired) electrons. The van der Waals surface area contributed by atoms with Gasteiger partial charge in [-0.25, -0.2) is 9.18 Å². The molecule has 0 spiro atoms. The summed E-state index contributed by atoms with van der Waals surface area (Å²) in [6, 6.07) is 9.08. The van der Waals surface area contributed by atoms with E-state index >= 15 is 0 Å². The van der Waals surface area contributed by atoms with E-state index in [1.54, 1.807) is 30.3 Å². The molecule has 0 N–H and O–H groups in total. The Hall–Kier alpha value is -2.48. The number of ether oxygens (including phenoxy) is 2. The first-order chi connectivity index (χ1) is 12.0. The highest BCUT2D eigenvalue weighted by Crippen LogP contribution is 2.28. The molecule has 0 atom stereocenters. The lowest BCUT2D eigenvalue weighted by atomic mass is 10.2. The van der Waals surface area contributed by atoms with E-state index in [9.17, 15) is 9.18 Å². The summed E-state index contributed by atoms with van der Waals surface area (Å²) in [4.78, 5) is 11.3. The van der Waals surface area contributed by atoms with Gasteiger partial charge in [-0.2, -0.15) is 0 Å². The van der Waals surface area contributed by atoms with E-state index in [2.05, 4.69) is 5.92 Å². The number of benzene rings is 2. The van der Waals surface area contributed by atoms with Crippen molar-refractivity contribution in [1.29, 1.82) is 0 Å². The minimum atomic E-state index is -0.541. The number of rotatable bonds is 6. The third kappa shape index (κ3) is 5.82. The molecule has 128 valence electrons. The zero-order valence-corrected chi connectivity index (χ0v) is 14.5. The van der Waals surface area contributed by atoms with Gasteiger partial charge in [-0.3, -0.25) is 0 Å². The van der Waals surface area contributed by atoms with E-state index in [1.807, 2.05) is 0 Å². The van der Waals surface area contributed by atoms with Gasteiger partial charge in [0.2, 0.25) is 0 Å². The van der Waals surface area contributed by atoms with Gasteiger partial charge in [0.1, 0.15) is 18.2 Å². The Morgan fingerprint density at radius 2 is 2.00 bits per heavy atom. The average Bonchev–Trinajstić information content (AvgIpc) is 2.58. The van der Waals surface area contributed by atoms with Crippen LogP contribution >= 0.6 is 23.2 Å². The molecular weight excluding hydrogens is 366 g/mol. The molecule has 2 rings (SSSR count). The Bertz CT molecular complexity index is 841. The second-order valence-corrected chi connectivity index (χ2v) is 5.67. The van der Waals surface area contributed by atoms with Crippen molar-refractivity contribution >= 4 is 35.2 Å². The number of esters is 1. The fourth-order valence-electron chi connectivity index (χ4n) is 1.86. The molecule has 2 aromatic carbocycles. The van der Waals surface area contributed by atoms with Crippen molar-refractivity contribution in [2.24, 2.45) is 0 Å². The van der Waals surface area contributed by atoms with E-state index in [4.69, 9.17) is 39.1 Å². The van der Waals surface area contributed by atoms with Crippen molar-refractivity contribution in [3.05, 3.63) is 69.5 Å². The monoisotopic (exact) mass is 378 g/mol. The van der Waals surface area contributed by atoms with Crippen LogP contribution in [-0.4, -0.2) is 12.6 Å². The van der Waals surface area contributed by atoms with E-state index in [0.29, 0.717) is 21.9 Å². The molecule has 2 aromatic rings. The Morgan fingerprint density at radius 3 is 2.68 bits per heavy atom. The van der Waals surface area contributed by atoms with Crippen LogP contribution in [-0.2, 0) is 16.1 Å². The van der Waals surface area contributed by atoms with Crippen molar-refractivity contribution < 1.29 is 18.7 Å². The largest absolute Gasteiger partial charge is 0.487 e. The summed E-state index contributed by atoms with van der Waals surface area (Å²) in [7, 11) is 0. The summed E-state index contributed by atoms with van der Waals surface area (Å²) in [5, 5.41) is 0.638. The molecule has 0 saturated heterocycles. The zero-order chi connectivity index (χ0) is 18.2. The number of carbonyl (C=O) groups excluding carboxylic acids is 1. The molecule has 0 unspecified atom stereocenters. The molecule has 0 aliphatic heterocycles. The first kappa shape index (κ1) is 18.9. The van der Waals surface area contributed by atoms with Gasteiger partial charge in [-0.1, -0.05) is 41.3 Å². The van der Waals surface area contributed by atoms with Crippen LogP contribution < -0.4 is 4.74 Å². The third-order valence-corrected chi connectivity index (χ3v) is 3.71. The van der Waals surface area contributed by atoms with Gasteiger partial charge in [-0.05, 0) is 35.9 Å². The van der Waals surface area contributed by atoms with Crippen LogP contribution in [0, 0.1) is 18.2 Å². The van der Waals surface area contributed by atoms with Crippen LogP contribution in [0.1, 0.15) is 11.1 Å². The van der Waals surface area contributed by atoms with Crippen molar-refractivity contribution in [2.45, 2.75) is 6.61 Å². The molecule has 0 bridgehead atoms. The maximum Gasteiger partial charge on any atom is 0.331 e. The highest BCUT2D eigenvalue weighted by molar-refractivity contribution is 6.32. The van der Waals surface area contributed by atoms with E-state index in [0.717, 1.165) is 0 Å². The normalized spacial score (nSPS) is 10.5. The number of halogens is 3. The van der Waals surface area contributed by atoms with Gasteiger partial charge in [0, 0.05) is 11.6 Å². The fourth-order valence-corrected chi connectivity index (χ4v) is 2.32. The first-order valence-electron chi connectivity index (χ1n) is 7.14. The predicted octanol–water partition coefficient (Wildman–Crippen LogP) is 4.90. The molecule has 0 saturated carbocycles. The summed E-state index contributed by atoms with van der Waals surface area (Å²) >= 11 is 12.1. The quantitative estimate of drug-likeness (QED) is 0.407. The molecule has 6 heteroatoms. The first-order valence-corrected chi connectivity index (χ1v) is 7.90. The topological polar surface area (TPSA) is 35.5 Å². The number of carbonyl (C=O) groups is 1. The molecule has 0 amide bonds. The van der Waals surface area contributed by atoms with E-state index < -0.39 is 11.8 Å². The van der Waals surface area contributed by atoms with E-state index in [-0.39, 0.29) is 18.2 Å². The molecule has 0 heterocycles. The predicted molar refractivity (Wildman–Crippen MR) is 96.0 cm³/mol. The molecule has 0 aliphatic rings. The number of hydrogen-bond acceptors (Lipinski definition) is 3. The van der Waals surface area contributed by atoms with Gasteiger partial charge in [0.25, 0.3) is 0 Å². The lowest BCUT2D eigenvalue weighted by Crippen LogP contribution is -2.00. The summed E-state index contributed by atoms with van der Waals surface area (Å²) in [6.45, 7) is 0.0646. The molecule has 0 fully saturated rings. The van der Waals surface area contributed by atoms with Crippen molar-refractivity contribution in [3.63, 3.8) is 0 Å². The lowest BCUT2D eigenvalue weighted by Gasteiger charge is -2.10. The van der Waals surface area contributed by atoms with Crippen LogP contribution in [0.15, 0.2) is 42.5 Å². The zero-order valence-electron chi connectivity index (χ0n) is 13.0. The summed E-state index contributed by atoms with van der Waals surface area (Å²) in [5.41, 5.74) is 1.33. The van der Waals surface area contributed by atoms with Crippen LogP contribution in [0.3, 0.4) is 0 Å². The van der Waals surface area contributed by atoms with Gasteiger partial charge < -0.3 is 9.47 Å². The van der Waals surface area contributed by atoms with Crippen LogP contribution in [0.2, 0.25) is 10.0 Å². The molecular formula is C19H13Cl2FO3. The minimum Gasteiger partial charge on any atom is -0.487 e. The number of hydrogen-bond donors (Lipinski definition) is 0. The Labute approximate surface area is 155 Å². The van der Waals surface area contributed by atoms with Gasteiger partial charge >= 0.3 is 5.97 Å². The van der Waals surface area contributed by atoms with E-state index in [1.165, 1.54) is 18.2 Å². The summed E-state index contributed by atoms with van der Waals surface area (Å²) in [6.07, 6.45) is 7.80. The summed E-state index contributed by atoms with van der Waals surface area (Å²) < 4.78 is 23.3. The lowest BCUT2D eigenvalue weighted by molar-refractivity contribution is -0.136. The highest BCUT2D eigenvalue weighted by atomic mass is 35.5.